The van der Waals surface area contributed by atoms with Crippen LogP contribution in [0.3, 0.4) is 0 Å². The van der Waals surface area contributed by atoms with Crippen LogP contribution in [0.2, 0.25) is 0 Å². The SMILES string of the molecule is CO[C@@H]1C(=O)[C@H](C)C[C@@H](C)/C=C/C=C/C=C(/C)[C@H](OC)C[C@H]2CC[C@H](C)[C@@](O)(O2)C(=O)C(=O)N2CCCC[C@@H]2C(=O)O[C@H]([C@H](C)C[C@@H]2CC[C@H](n3cnnn3)[C@H](OC)C2)CC(=O)[C@H](C)/C=C(\C)[C@@H]1O. The zero-order valence-corrected chi connectivity index (χ0v) is 42.5. The number of amides is 1. The van der Waals surface area contributed by atoms with E-state index < -0.39 is 77.8 Å². The number of cyclic esters (lactones) is 1. The van der Waals surface area contributed by atoms with E-state index in [1.54, 1.807) is 52.1 Å². The molecule has 1 aliphatic carbocycles. The van der Waals surface area contributed by atoms with Crippen molar-refractivity contribution in [2.24, 2.45) is 35.5 Å². The molecule has 0 radical (unpaired) electrons. The third-order valence-corrected chi connectivity index (χ3v) is 15.2. The molecule has 17 nitrogen and oxygen atoms in total. The summed E-state index contributed by atoms with van der Waals surface area (Å²) in [6, 6.07) is -1.19. The molecule has 0 aromatic carbocycles. The molecular weight excluding hydrogens is 887 g/mol. The lowest BCUT2D eigenvalue weighted by molar-refractivity contribution is -0.265. The Morgan fingerprint density at radius 2 is 1.64 bits per heavy atom. The summed E-state index contributed by atoms with van der Waals surface area (Å²) in [5.74, 6) is -7.92. The van der Waals surface area contributed by atoms with Gasteiger partial charge in [-0.15, -0.1) is 5.10 Å². The number of Topliss-reactive ketones (excluding diaryl/α,β-unsaturated/α-hetero) is 3. The summed E-state index contributed by atoms with van der Waals surface area (Å²) in [6.45, 7) is 12.8. The van der Waals surface area contributed by atoms with Gasteiger partial charge in [-0.3, -0.25) is 19.2 Å². The number of aromatic nitrogens is 4. The Morgan fingerprint density at radius 1 is 0.884 bits per heavy atom. The van der Waals surface area contributed by atoms with Crippen molar-refractivity contribution in [1.29, 1.82) is 0 Å². The highest BCUT2D eigenvalue weighted by Crippen LogP contribution is 2.39. The second-order valence-electron chi connectivity index (χ2n) is 20.4. The number of esters is 1. The van der Waals surface area contributed by atoms with Crippen LogP contribution >= 0.6 is 0 Å². The number of rotatable bonds is 7. The zero-order chi connectivity index (χ0) is 50.6. The average Bonchev–Trinajstić information content (AvgIpc) is 3.88. The van der Waals surface area contributed by atoms with Crippen molar-refractivity contribution in [2.75, 3.05) is 27.9 Å². The fourth-order valence-electron chi connectivity index (χ4n) is 10.7. The van der Waals surface area contributed by atoms with Gasteiger partial charge in [0.15, 0.2) is 5.78 Å². The molecule has 2 N–H and O–H groups in total. The third-order valence-electron chi connectivity index (χ3n) is 15.2. The van der Waals surface area contributed by atoms with E-state index in [1.165, 1.54) is 12.0 Å². The molecule has 3 fully saturated rings. The van der Waals surface area contributed by atoms with E-state index in [4.69, 9.17) is 23.7 Å². The van der Waals surface area contributed by atoms with Gasteiger partial charge in [-0.1, -0.05) is 71.1 Å². The molecular formula is C52H79N5O12. The van der Waals surface area contributed by atoms with Crippen molar-refractivity contribution in [1.82, 2.24) is 25.1 Å². The fraction of sp³-hybridized carbons (Fsp3) is 0.731. The maximum atomic E-state index is 14.5. The number of tetrazole rings is 1. The van der Waals surface area contributed by atoms with Crippen LogP contribution in [0.1, 0.15) is 132 Å². The van der Waals surface area contributed by atoms with Crippen molar-refractivity contribution in [3.63, 3.8) is 0 Å². The summed E-state index contributed by atoms with van der Waals surface area (Å²) in [7, 11) is 4.62. The second kappa shape index (κ2) is 25.7. The molecule has 1 saturated carbocycles. The number of nitrogens with zero attached hydrogens (tertiary/aromatic N) is 5. The van der Waals surface area contributed by atoms with Crippen LogP contribution in [-0.2, 0) is 47.7 Å². The largest absolute Gasteiger partial charge is 0.460 e. The lowest BCUT2D eigenvalue weighted by Gasteiger charge is -2.42. The summed E-state index contributed by atoms with van der Waals surface area (Å²) >= 11 is 0. The van der Waals surface area contributed by atoms with Crippen LogP contribution in [0.5, 0.6) is 0 Å². The lowest BCUT2D eigenvalue weighted by atomic mass is 9.77. The first-order chi connectivity index (χ1) is 32.8. The number of ether oxygens (including phenoxy) is 5. The van der Waals surface area contributed by atoms with Gasteiger partial charge in [-0.05, 0) is 117 Å². The number of aliphatic hydroxyl groups is 2. The van der Waals surface area contributed by atoms with Gasteiger partial charge in [0.1, 0.15) is 36.5 Å². The topological polar surface area (TPSA) is 219 Å². The van der Waals surface area contributed by atoms with Crippen molar-refractivity contribution in [2.45, 2.75) is 180 Å². The average molecular weight is 966 g/mol. The van der Waals surface area contributed by atoms with E-state index in [-0.39, 0.29) is 60.9 Å². The molecule has 5 rings (SSSR count). The minimum Gasteiger partial charge on any atom is -0.460 e. The van der Waals surface area contributed by atoms with Crippen LogP contribution in [0.4, 0.5) is 0 Å². The number of fused-ring (bicyclic) bond motifs is 3. The van der Waals surface area contributed by atoms with Crippen LogP contribution in [0, 0.1) is 35.5 Å². The van der Waals surface area contributed by atoms with Gasteiger partial charge in [0.25, 0.3) is 11.7 Å². The van der Waals surface area contributed by atoms with Crippen molar-refractivity contribution in [3.05, 3.63) is 53.9 Å². The third kappa shape index (κ3) is 14.2. The Labute approximate surface area is 408 Å². The highest BCUT2D eigenvalue weighted by atomic mass is 16.6. The van der Waals surface area contributed by atoms with Gasteiger partial charge in [0.05, 0.1) is 24.4 Å². The summed E-state index contributed by atoms with van der Waals surface area (Å²) in [4.78, 5) is 72.3. The first-order valence-electron chi connectivity index (χ1n) is 25.0. The zero-order valence-electron chi connectivity index (χ0n) is 42.5. The standard InChI is InChI=1S/C52H79N5O12/c1-31-16-12-11-13-17-32(2)43(65-8)28-39-21-19-37(7)52(64,69-39)49(61)50(62)56-23-15-14-18-41(56)51(63)68-44(34(4)26-38-20-22-40(45(27-38)66-9)57-30-53-54-55-57)29-42(58)33(3)25-36(6)47(60)48(67-10)46(59)35(5)24-31/h11-13,16-17,25,30-31,33-35,37-41,43-45,47-48,60,64H,14-15,18-24,26-29H2,1-10H3/b13-11+,16-12+,32-17-,36-25+/t31-,33+,34+,35+,37-,38-,39+,40-,41+,43+,44-,45+,47-,48+,52+/m0/s1. The first kappa shape index (κ1) is 55.7. The Kier molecular flexibility index (Phi) is 20.8. The molecule has 0 unspecified atom stereocenters. The van der Waals surface area contributed by atoms with Crippen LogP contribution in [-0.4, -0.2) is 141 Å². The molecule has 3 aliphatic heterocycles. The van der Waals surface area contributed by atoms with Gasteiger partial charge in [0.2, 0.25) is 5.79 Å². The Morgan fingerprint density at radius 3 is 2.32 bits per heavy atom. The van der Waals surface area contributed by atoms with Crippen LogP contribution in [0.25, 0.3) is 0 Å². The van der Waals surface area contributed by atoms with E-state index in [1.807, 2.05) is 58.1 Å². The van der Waals surface area contributed by atoms with Gasteiger partial charge < -0.3 is 38.8 Å². The molecule has 0 spiro atoms. The van der Waals surface area contributed by atoms with Gasteiger partial charge in [-0.25, -0.2) is 9.48 Å². The van der Waals surface area contributed by atoms with Crippen molar-refractivity contribution in [3.8, 4) is 0 Å². The van der Waals surface area contributed by atoms with E-state index in [9.17, 15) is 34.2 Å². The normalized spacial score (nSPS) is 38.8. The molecule has 1 amide bonds. The number of methoxy groups -OCH3 is 3. The van der Waals surface area contributed by atoms with E-state index in [2.05, 4.69) is 15.5 Å². The fourth-order valence-corrected chi connectivity index (χ4v) is 10.7. The number of allylic oxidation sites excluding steroid dienone is 6. The number of aliphatic hydroxyl groups excluding tert-OH is 1. The number of hydrogen-bond donors (Lipinski definition) is 2. The summed E-state index contributed by atoms with van der Waals surface area (Å²) in [5.41, 5.74) is 1.27. The number of carbonyl (C=O) groups excluding carboxylic acids is 5. The van der Waals surface area contributed by atoms with Crippen molar-refractivity contribution >= 4 is 29.2 Å². The lowest BCUT2D eigenvalue weighted by Crippen LogP contribution is -2.61. The van der Waals surface area contributed by atoms with Gasteiger partial charge in [0, 0.05) is 58.5 Å². The van der Waals surface area contributed by atoms with E-state index in [0.717, 1.165) is 18.4 Å². The number of carbonyl (C=O) groups is 5. The molecule has 4 heterocycles. The monoisotopic (exact) mass is 966 g/mol. The molecule has 69 heavy (non-hydrogen) atoms. The number of hydrogen-bond acceptors (Lipinski definition) is 15. The Bertz CT molecular complexity index is 2020. The number of piperidine rings is 1. The van der Waals surface area contributed by atoms with Crippen molar-refractivity contribution < 1.29 is 57.9 Å². The molecule has 17 heteroatoms. The molecule has 1 aromatic heterocycles. The maximum Gasteiger partial charge on any atom is 0.329 e. The Balaban J connectivity index is 1.46. The summed E-state index contributed by atoms with van der Waals surface area (Å²) < 4.78 is 31.6. The Hall–Kier alpha value is -4.26. The molecule has 4 aliphatic rings. The number of ketones is 3. The van der Waals surface area contributed by atoms with Crippen LogP contribution < -0.4 is 0 Å². The summed E-state index contributed by atoms with van der Waals surface area (Å²) in [5, 5.41) is 35.2. The minimum absolute atomic E-state index is 0.0170. The van der Waals surface area contributed by atoms with Gasteiger partial charge in [-0.2, -0.15) is 0 Å². The van der Waals surface area contributed by atoms with E-state index >= 15 is 0 Å². The highest BCUT2D eigenvalue weighted by Gasteiger charge is 2.53. The summed E-state index contributed by atoms with van der Waals surface area (Å²) in [6.07, 6.45) is 13.9. The van der Waals surface area contributed by atoms with Gasteiger partial charge >= 0.3 is 5.97 Å². The smallest absolute Gasteiger partial charge is 0.329 e. The minimum atomic E-state index is -2.43. The maximum absolute atomic E-state index is 14.5. The van der Waals surface area contributed by atoms with Crippen LogP contribution in [0.15, 0.2) is 53.9 Å². The predicted molar refractivity (Wildman–Crippen MR) is 256 cm³/mol. The quantitative estimate of drug-likeness (QED) is 0.181. The molecule has 15 atom stereocenters. The highest BCUT2D eigenvalue weighted by molar-refractivity contribution is 6.39. The molecule has 2 bridgehead atoms. The molecule has 384 valence electrons. The van der Waals surface area contributed by atoms with E-state index in [0.29, 0.717) is 56.9 Å². The predicted octanol–water partition coefficient (Wildman–Crippen LogP) is 6.05. The first-order valence-corrected chi connectivity index (χ1v) is 25.0. The molecule has 2 saturated heterocycles. The second-order valence-corrected chi connectivity index (χ2v) is 20.4. The molecule has 1 aromatic rings.